The lowest BCUT2D eigenvalue weighted by Crippen LogP contribution is -2.30. The van der Waals surface area contributed by atoms with Crippen LogP contribution in [0.3, 0.4) is 0 Å². The fourth-order valence-electron chi connectivity index (χ4n) is 2.89. The average Bonchev–Trinajstić information content (AvgIpc) is 3.16. The Bertz CT molecular complexity index is 854. The second-order valence-corrected chi connectivity index (χ2v) is 7.62. The van der Waals surface area contributed by atoms with E-state index in [1.54, 1.807) is 29.5 Å². The summed E-state index contributed by atoms with van der Waals surface area (Å²) in [6.07, 6.45) is 0.151. The molecule has 1 unspecified atom stereocenters. The molecule has 1 heterocycles. The molecule has 1 aromatic heterocycles. The number of nitrogens with one attached hydrogen (secondary N) is 1. The van der Waals surface area contributed by atoms with Crippen molar-refractivity contribution in [3.05, 3.63) is 87.6 Å². The number of hydrogen-bond donors (Lipinski definition) is 2. The van der Waals surface area contributed by atoms with Crippen LogP contribution in [0.5, 0.6) is 5.75 Å². The van der Waals surface area contributed by atoms with Crippen LogP contribution in [0.25, 0.3) is 0 Å². The first-order valence-corrected chi connectivity index (χ1v) is 9.62. The molecule has 0 aliphatic carbocycles. The van der Waals surface area contributed by atoms with E-state index < -0.39 is 0 Å². The van der Waals surface area contributed by atoms with Crippen LogP contribution in [0.15, 0.2) is 66.0 Å². The molecular formula is C22H23NO2S. The molecule has 4 heteroatoms. The maximum absolute atomic E-state index is 12.6. The molecule has 0 fully saturated rings. The summed E-state index contributed by atoms with van der Waals surface area (Å²) < 4.78 is 0. The van der Waals surface area contributed by atoms with Gasteiger partial charge in [0.1, 0.15) is 5.75 Å². The van der Waals surface area contributed by atoms with Gasteiger partial charge in [0.05, 0.1) is 12.5 Å². The molecule has 0 spiro atoms. The van der Waals surface area contributed by atoms with E-state index in [0.717, 1.165) is 10.4 Å². The lowest BCUT2D eigenvalue weighted by Gasteiger charge is -2.19. The van der Waals surface area contributed by atoms with Crippen molar-refractivity contribution in [1.29, 1.82) is 0 Å². The summed E-state index contributed by atoms with van der Waals surface area (Å²) >= 11 is 1.62. The molecule has 0 saturated carbocycles. The van der Waals surface area contributed by atoms with Crippen molar-refractivity contribution in [2.45, 2.75) is 32.2 Å². The van der Waals surface area contributed by atoms with Crippen LogP contribution in [-0.4, -0.2) is 11.0 Å². The van der Waals surface area contributed by atoms with E-state index in [9.17, 15) is 9.90 Å². The van der Waals surface area contributed by atoms with Crippen molar-refractivity contribution in [3.63, 3.8) is 0 Å². The normalized spacial score (nSPS) is 12.1. The van der Waals surface area contributed by atoms with Crippen molar-refractivity contribution >= 4 is 17.2 Å². The minimum Gasteiger partial charge on any atom is -0.508 e. The summed E-state index contributed by atoms with van der Waals surface area (Å²) in [6, 6.07) is 19.2. The Morgan fingerprint density at radius 1 is 1.00 bits per heavy atom. The zero-order valence-corrected chi connectivity index (χ0v) is 15.8. The molecule has 3 nitrogen and oxygen atoms in total. The first-order chi connectivity index (χ1) is 12.5. The molecule has 2 N–H and O–H groups in total. The lowest BCUT2D eigenvalue weighted by molar-refractivity contribution is -0.120. The molecule has 1 atom stereocenters. The predicted molar refractivity (Wildman–Crippen MR) is 107 cm³/mol. The summed E-state index contributed by atoms with van der Waals surface area (Å²) in [5.74, 6) is 0.509. The molecule has 0 bridgehead atoms. The molecule has 0 radical (unpaired) electrons. The van der Waals surface area contributed by atoms with Crippen molar-refractivity contribution < 1.29 is 9.90 Å². The maximum atomic E-state index is 12.6. The van der Waals surface area contributed by atoms with E-state index in [-0.39, 0.29) is 24.1 Å². The molecule has 2 aromatic carbocycles. The van der Waals surface area contributed by atoms with Crippen LogP contribution in [-0.2, 0) is 11.2 Å². The van der Waals surface area contributed by atoms with Gasteiger partial charge in [-0.25, -0.2) is 0 Å². The predicted octanol–water partition coefficient (Wildman–Crippen LogP) is 5.03. The van der Waals surface area contributed by atoms with E-state index in [1.165, 1.54) is 5.56 Å². The number of aromatic hydroxyl groups is 1. The molecule has 0 aliphatic heterocycles. The van der Waals surface area contributed by atoms with Crippen molar-refractivity contribution in [2.75, 3.05) is 0 Å². The van der Waals surface area contributed by atoms with E-state index in [0.29, 0.717) is 11.5 Å². The van der Waals surface area contributed by atoms with Gasteiger partial charge < -0.3 is 10.4 Å². The molecule has 3 aromatic rings. The summed E-state index contributed by atoms with van der Waals surface area (Å²) in [5, 5.41) is 15.0. The van der Waals surface area contributed by atoms with E-state index in [2.05, 4.69) is 43.4 Å². The van der Waals surface area contributed by atoms with Crippen LogP contribution in [0.4, 0.5) is 0 Å². The molecule has 0 saturated heterocycles. The van der Waals surface area contributed by atoms with Gasteiger partial charge in [-0.15, -0.1) is 11.3 Å². The van der Waals surface area contributed by atoms with Crippen molar-refractivity contribution in [1.82, 2.24) is 5.32 Å². The number of benzene rings is 2. The number of thiophene rings is 1. The highest BCUT2D eigenvalue weighted by Crippen LogP contribution is 2.28. The van der Waals surface area contributed by atoms with Gasteiger partial charge in [0.15, 0.2) is 0 Å². The summed E-state index contributed by atoms with van der Waals surface area (Å²) in [6.45, 7) is 4.33. The largest absolute Gasteiger partial charge is 0.508 e. The highest BCUT2D eigenvalue weighted by molar-refractivity contribution is 7.10. The summed E-state index contributed by atoms with van der Waals surface area (Å²) in [7, 11) is 0. The van der Waals surface area contributed by atoms with Gasteiger partial charge in [-0.05, 0) is 34.6 Å². The molecule has 134 valence electrons. The highest BCUT2D eigenvalue weighted by atomic mass is 32.1. The standard InChI is InChI=1S/C22H23NO2S/c1-15(2)16-9-11-17(12-10-16)22(20-8-5-13-26-20)23-21(25)14-18-6-3-4-7-19(18)24/h3-13,15,22,24H,14H2,1-2H3,(H,23,25). The van der Waals surface area contributed by atoms with Crippen LogP contribution in [0.2, 0.25) is 0 Å². The summed E-state index contributed by atoms with van der Waals surface area (Å²) in [5.41, 5.74) is 2.96. The van der Waals surface area contributed by atoms with E-state index in [1.807, 2.05) is 23.6 Å². The summed E-state index contributed by atoms with van der Waals surface area (Å²) in [4.78, 5) is 13.7. The van der Waals surface area contributed by atoms with Gasteiger partial charge in [-0.3, -0.25) is 4.79 Å². The fourth-order valence-corrected chi connectivity index (χ4v) is 3.70. The fraction of sp³-hybridized carbons (Fsp3) is 0.227. The van der Waals surface area contributed by atoms with E-state index in [4.69, 9.17) is 0 Å². The second-order valence-electron chi connectivity index (χ2n) is 6.64. The van der Waals surface area contributed by atoms with Gasteiger partial charge in [-0.2, -0.15) is 0 Å². The monoisotopic (exact) mass is 365 g/mol. The van der Waals surface area contributed by atoms with Gasteiger partial charge in [0, 0.05) is 10.4 Å². The Kier molecular flexibility index (Phi) is 5.74. The van der Waals surface area contributed by atoms with Crippen LogP contribution >= 0.6 is 11.3 Å². The SMILES string of the molecule is CC(C)c1ccc(C(NC(=O)Cc2ccccc2O)c2cccs2)cc1. The second kappa shape index (κ2) is 8.19. The molecule has 1 amide bonds. The minimum absolute atomic E-state index is 0.113. The van der Waals surface area contributed by atoms with Gasteiger partial charge in [0.25, 0.3) is 0 Å². The number of rotatable bonds is 6. The van der Waals surface area contributed by atoms with Crippen molar-refractivity contribution in [3.8, 4) is 5.75 Å². The number of phenols is 1. The molecule has 3 rings (SSSR count). The lowest BCUT2D eigenvalue weighted by atomic mass is 9.98. The first-order valence-electron chi connectivity index (χ1n) is 8.74. The Morgan fingerprint density at radius 3 is 2.31 bits per heavy atom. The first kappa shape index (κ1) is 18.2. The van der Waals surface area contributed by atoms with Gasteiger partial charge >= 0.3 is 0 Å². The van der Waals surface area contributed by atoms with Crippen LogP contribution < -0.4 is 5.32 Å². The van der Waals surface area contributed by atoms with Crippen LogP contribution in [0.1, 0.15) is 47.4 Å². The number of para-hydroxylation sites is 1. The zero-order chi connectivity index (χ0) is 18.5. The third kappa shape index (κ3) is 4.33. The number of carbonyl (C=O) groups excluding carboxylic acids is 1. The maximum Gasteiger partial charge on any atom is 0.225 e. The Balaban J connectivity index is 1.81. The third-order valence-electron chi connectivity index (χ3n) is 4.41. The number of phenolic OH excluding ortho intramolecular Hbond substituents is 1. The quantitative estimate of drug-likeness (QED) is 0.644. The minimum atomic E-state index is -0.186. The van der Waals surface area contributed by atoms with Crippen molar-refractivity contribution in [2.24, 2.45) is 0 Å². The number of hydrogen-bond acceptors (Lipinski definition) is 3. The van der Waals surface area contributed by atoms with Gasteiger partial charge in [0.2, 0.25) is 5.91 Å². The number of carbonyl (C=O) groups is 1. The Labute approximate surface area is 158 Å². The third-order valence-corrected chi connectivity index (χ3v) is 5.35. The number of amides is 1. The molecule has 26 heavy (non-hydrogen) atoms. The average molecular weight is 365 g/mol. The zero-order valence-electron chi connectivity index (χ0n) is 15.0. The Morgan fingerprint density at radius 2 is 1.69 bits per heavy atom. The molecular weight excluding hydrogens is 342 g/mol. The van der Waals surface area contributed by atoms with Crippen LogP contribution in [0, 0.1) is 0 Å². The van der Waals surface area contributed by atoms with E-state index >= 15 is 0 Å². The topological polar surface area (TPSA) is 49.3 Å². The highest BCUT2D eigenvalue weighted by Gasteiger charge is 2.19. The molecule has 0 aliphatic rings. The smallest absolute Gasteiger partial charge is 0.225 e. The Hall–Kier alpha value is -2.59. The van der Waals surface area contributed by atoms with Gasteiger partial charge in [-0.1, -0.05) is 62.4 Å².